The fraction of sp³-hybridized carbons (Fsp3) is 0.227. The first-order valence-electron chi connectivity index (χ1n) is 8.63. The summed E-state index contributed by atoms with van der Waals surface area (Å²) < 4.78 is 2.29. The zero-order valence-corrected chi connectivity index (χ0v) is 15.3. The molecule has 0 spiro atoms. The van der Waals surface area contributed by atoms with E-state index in [9.17, 15) is 0 Å². The summed E-state index contributed by atoms with van der Waals surface area (Å²) in [6.07, 6.45) is 0. The smallest absolute Gasteiger partial charge is 0.114 e. The number of hydrogen-bond donors (Lipinski definition) is 0. The summed E-state index contributed by atoms with van der Waals surface area (Å²) in [5.41, 5.74) is 7.90. The summed E-state index contributed by atoms with van der Waals surface area (Å²) in [6.45, 7) is 8.76. The van der Waals surface area contributed by atoms with Gasteiger partial charge in [0.25, 0.3) is 0 Å². The molecule has 1 heterocycles. The normalized spacial score (nSPS) is 11.6. The molecule has 3 aromatic rings. The molecule has 3 nitrogen and oxygen atoms in total. The Hall–Kier alpha value is -2.81. The summed E-state index contributed by atoms with van der Waals surface area (Å²) in [6, 6.07) is 21.2. The van der Waals surface area contributed by atoms with E-state index in [1.165, 1.54) is 11.1 Å². The summed E-state index contributed by atoms with van der Waals surface area (Å²) in [5.74, 6) is 0. The minimum atomic E-state index is 0.570. The molecule has 1 aromatic heterocycles. The van der Waals surface area contributed by atoms with Crippen molar-refractivity contribution in [2.45, 2.75) is 27.7 Å². The lowest BCUT2D eigenvalue weighted by molar-refractivity contribution is 0.159. The van der Waals surface area contributed by atoms with Gasteiger partial charge in [-0.2, -0.15) is 0 Å². The van der Waals surface area contributed by atoms with Gasteiger partial charge in [-0.15, -0.1) is 0 Å². The average molecular weight is 332 g/mol. The van der Waals surface area contributed by atoms with Gasteiger partial charge in [-0.3, -0.25) is 0 Å². The van der Waals surface area contributed by atoms with Crippen LogP contribution in [0.25, 0.3) is 16.9 Å². The van der Waals surface area contributed by atoms with Crippen molar-refractivity contribution in [2.24, 2.45) is 5.16 Å². The lowest BCUT2D eigenvalue weighted by Crippen LogP contribution is -2.02. The van der Waals surface area contributed by atoms with Crippen molar-refractivity contribution >= 4 is 5.71 Å². The molecule has 3 rings (SSSR count). The molecule has 0 atom stereocenters. The van der Waals surface area contributed by atoms with Gasteiger partial charge in [-0.25, -0.2) is 0 Å². The maximum atomic E-state index is 5.26. The van der Waals surface area contributed by atoms with Crippen LogP contribution >= 0.6 is 0 Å². The Morgan fingerprint density at radius 1 is 1.00 bits per heavy atom. The highest BCUT2D eigenvalue weighted by Gasteiger charge is 2.17. The average Bonchev–Trinajstić information content (AvgIpc) is 2.98. The Balaban J connectivity index is 2.23. The van der Waals surface area contributed by atoms with Crippen LogP contribution in [0, 0.1) is 13.8 Å². The third-order valence-electron chi connectivity index (χ3n) is 4.30. The second-order valence-corrected chi connectivity index (χ2v) is 6.16. The molecule has 0 aliphatic rings. The minimum absolute atomic E-state index is 0.570. The van der Waals surface area contributed by atoms with Crippen LogP contribution in [-0.4, -0.2) is 16.9 Å². The molecule has 0 saturated heterocycles. The molecule has 0 saturated carbocycles. The van der Waals surface area contributed by atoms with Crippen LogP contribution in [0.2, 0.25) is 0 Å². The number of aryl methyl sites for hydroxylation is 1. The maximum absolute atomic E-state index is 5.26. The summed E-state index contributed by atoms with van der Waals surface area (Å²) >= 11 is 0. The third-order valence-corrected chi connectivity index (χ3v) is 4.30. The second kappa shape index (κ2) is 7.39. The summed E-state index contributed by atoms with van der Waals surface area (Å²) in [5, 5.41) is 4.24. The van der Waals surface area contributed by atoms with E-state index in [0.29, 0.717) is 6.61 Å². The molecular weight excluding hydrogens is 308 g/mol. The van der Waals surface area contributed by atoms with Crippen LogP contribution in [0.3, 0.4) is 0 Å². The molecule has 0 unspecified atom stereocenters. The van der Waals surface area contributed by atoms with Gasteiger partial charge in [-0.1, -0.05) is 47.6 Å². The monoisotopic (exact) mass is 332 g/mol. The Bertz CT molecular complexity index is 892. The van der Waals surface area contributed by atoms with E-state index < -0.39 is 0 Å². The lowest BCUT2D eigenvalue weighted by Gasteiger charge is -2.13. The maximum Gasteiger partial charge on any atom is 0.114 e. The quantitative estimate of drug-likeness (QED) is 0.446. The van der Waals surface area contributed by atoms with Crippen molar-refractivity contribution in [1.82, 2.24) is 4.57 Å². The molecule has 2 aromatic carbocycles. The van der Waals surface area contributed by atoms with Crippen LogP contribution in [0.4, 0.5) is 0 Å². The van der Waals surface area contributed by atoms with E-state index in [1.807, 2.05) is 19.9 Å². The molecule has 128 valence electrons. The van der Waals surface area contributed by atoms with Crippen molar-refractivity contribution in [3.8, 4) is 16.9 Å². The van der Waals surface area contributed by atoms with Gasteiger partial charge in [-0.05, 0) is 57.0 Å². The number of hydrogen-bond acceptors (Lipinski definition) is 2. The van der Waals surface area contributed by atoms with Gasteiger partial charge < -0.3 is 9.40 Å². The third kappa shape index (κ3) is 3.50. The predicted molar refractivity (Wildman–Crippen MR) is 105 cm³/mol. The van der Waals surface area contributed by atoms with Crippen LogP contribution in [-0.2, 0) is 4.84 Å². The molecule has 0 N–H and O–H groups in total. The van der Waals surface area contributed by atoms with Gasteiger partial charge in [0.2, 0.25) is 0 Å². The van der Waals surface area contributed by atoms with Gasteiger partial charge in [0.05, 0.1) is 11.4 Å². The van der Waals surface area contributed by atoms with Crippen molar-refractivity contribution < 1.29 is 4.84 Å². The van der Waals surface area contributed by atoms with Crippen molar-refractivity contribution in [3.05, 3.63) is 77.5 Å². The second-order valence-electron chi connectivity index (χ2n) is 6.16. The molecule has 0 amide bonds. The van der Waals surface area contributed by atoms with Gasteiger partial charge in [0.1, 0.15) is 6.61 Å². The lowest BCUT2D eigenvalue weighted by atomic mass is 10.1. The molecule has 0 aliphatic heterocycles. The molecule has 0 bridgehead atoms. The first kappa shape index (κ1) is 17.0. The van der Waals surface area contributed by atoms with Crippen LogP contribution in [0.15, 0.2) is 65.8 Å². The van der Waals surface area contributed by atoms with E-state index in [-0.39, 0.29) is 0 Å². The molecule has 0 fully saturated rings. The number of aromatic nitrogens is 1. The highest BCUT2D eigenvalue weighted by Crippen LogP contribution is 2.30. The zero-order valence-electron chi connectivity index (χ0n) is 15.3. The first-order chi connectivity index (χ1) is 12.1. The van der Waals surface area contributed by atoms with Crippen molar-refractivity contribution in [3.63, 3.8) is 0 Å². The largest absolute Gasteiger partial charge is 0.396 e. The molecule has 0 aliphatic carbocycles. The molecular formula is C22H24N2O. The van der Waals surface area contributed by atoms with E-state index in [1.54, 1.807) is 0 Å². The first-order valence-corrected chi connectivity index (χ1v) is 8.63. The highest BCUT2D eigenvalue weighted by molar-refractivity contribution is 6.01. The molecule has 25 heavy (non-hydrogen) atoms. The topological polar surface area (TPSA) is 26.5 Å². The van der Waals surface area contributed by atoms with Crippen molar-refractivity contribution in [1.29, 1.82) is 0 Å². The fourth-order valence-corrected chi connectivity index (χ4v) is 3.10. The Morgan fingerprint density at radius 2 is 1.76 bits per heavy atom. The standard InChI is InChI=1S/C22H24N2O/c1-5-25-23-17(3)21-15-22(19-11-7-6-8-12-19)24(18(21)4)20-13-9-10-16(2)14-20/h6-15H,5H2,1-4H3/b23-17-. The minimum Gasteiger partial charge on any atom is -0.396 e. The predicted octanol–water partition coefficient (Wildman–Crippen LogP) is 5.52. The SMILES string of the molecule is CCO/N=C(/C)c1cc(-c2ccccc2)n(-c2cccc(C)c2)c1C. The Morgan fingerprint density at radius 3 is 2.44 bits per heavy atom. The highest BCUT2D eigenvalue weighted by atomic mass is 16.6. The number of oxime groups is 1. The zero-order chi connectivity index (χ0) is 17.8. The van der Waals surface area contributed by atoms with Gasteiger partial charge >= 0.3 is 0 Å². The molecule has 3 heteroatoms. The van der Waals surface area contributed by atoms with Crippen LogP contribution in [0.1, 0.15) is 30.7 Å². The van der Waals surface area contributed by atoms with Crippen LogP contribution < -0.4 is 0 Å². The Kier molecular flexibility index (Phi) is 5.03. The summed E-state index contributed by atoms with van der Waals surface area (Å²) in [4.78, 5) is 5.26. The van der Waals surface area contributed by atoms with Gasteiger partial charge in [0, 0.05) is 16.9 Å². The van der Waals surface area contributed by atoms with E-state index >= 15 is 0 Å². The van der Waals surface area contributed by atoms with Gasteiger partial charge in [0.15, 0.2) is 0 Å². The van der Waals surface area contributed by atoms with Crippen LogP contribution in [0.5, 0.6) is 0 Å². The van der Waals surface area contributed by atoms with Crippen molar-refractivity contribution in [2.75, 3.05) is 6.61 Å². The number of nitrogens with zero attached hydrogens (tertiary/aromatic N) is 2. The Labute approximate surface area is 149 Å². The fourth-order valence-electron chi connectivity index (χ4n) is 3.10. The molecule has 0 radical (unpaired) electrons. The number of benzene rings is 2. The number of rotatable bonds is 5. The van der Waals surface area contributed by atoms with E-state index in [2.05, 4.69) is 78.2 Å². The van der Waals surface area contributed by atoms with E-state index in [4.69, 9.17) is 4.84 Å². The summed E-state index contributed by atoms with van der Waals surface area (Å²) in [7, 11) is 0. The van der Waals surface area contributed by atoms with E-state index in [0.717, 1.165) is 28.4 Å².